The van der Waals surface area contributed by atoms with E-state index in [1.807, 2.05) is 59.3 Å². The van der Waals surface area contributed by atoms with Gasteiger partial charge in [0.1, 0.15) is 6.54 Å². The molecule has 178 valence electrons. The molecule has 0 unspecified atom stereocenters. The highest BCUT2D eigenvalue weighted by atomic mass is 16.5. The molecule has 0 amide bonds. The van der Waals surface area contributed by atoms with E-state index in [0.29, 0.717) is 5.78 Å². The molecule has 9 nitrogen and oxygen atoms in total. The van der Waals surface area contributed by atoms with Gasteiger partial charge >= 0.3 is 11.7 Å². The lowest BCUT2D eigenvalue weighted by molar-refractivity contribution is -0.143. The summed E-state index contributed by atoms with van der Waals surface area (Å²) < 4.78 is 10.9. The number of aromatic nitrogens is 5. The molecule has 2 aromatic carbocycles. The molecule has 35 heavy (non-hydrogen) atoms. The highest BCUT2D eigenvalue weighted by molar-refractivity contribution is 5.80. The number of nitrogens with zero attached hydrogens (tertiary/aromatic N) is 5. The van der Waals surface area contributed by atoms with Gasteiger partial charge in [-0.05, 0) is 25.0 Å². The Kier molecular flexibility index (Phi) is 5.60. The summed E-state index contributed by atoms with van der Waals surface area (Å²) in [6, 6.07) is 17.9. The van der Waals surface area contributed by atoms with Crippen LogP contribution in [0.15, 0.2) is 70.4 Å². The number of esters is 1. The first kappa shape index (κ1) is 22.4. The van der Waals surface area contributed by atoms with Crippen molar-refractivity contribution < 1.29 is 9.53 Å². The number of rotatable bonds is 6. The van der Waals surface area contributed by atoms with E-state index in [-0.39, 0.29) is 17.8 Å². The van der Waals surface area contributed by atoms with Crippen LogP contribution < -0.4 is 11.2 Å². The summed E-state index contributed by atoms with van der Waals surface area (Å²) in [5, 5.41) is 0. The third-order valence-corrected chi connectivity index (χ3v) is 6.13. The first-order valence-corrected chi connectivity index (χ1v) is 11.5. The fourth-order valence-corrected chi connectivity index (χ4v) is 4.45. The minimum Gasteiger partial charge on any atom is -0.465 e. The van der Waals surface area contributed by atoms with Gasteiger partial charge in [0, 0.05) is 18.8 Å². The Balaban J connectivity index is 1.89. The lowest BCUT2D eigenvalue weighted by Gasteiger charge is -2.13. The number of para-hydroxylation sites is 1. The van der Waals surface area contributed by atoms with Crippen LogP contribution in [-0.4, -0.2) is 35.7 Å². The molecule has 3 heterocycles. The molecule has 0 fully saturated rings. The number of imidazole rings is 2. The number of fused-ring (bicyclic) bond motifs is 3. The Morgan fingerprint density at radius 3 is 2.43 bits per heavy atom. The molecule has 0 aliphatic heterocycles. The smallest absolute Gasteiger partial charge is 0.333 e. The van der Waals surface area contributed by atoms with Crippen LogP contribution in [0.2, 0.25) is 0 Å². The van der Waals surface area contributed by atoms with Crippen molar-refractivity contribution in [3.63, 3.8) is 0 Å². The van der Waals surface area contributed by atoms with Crippen LogP contribution in [0.1, 0.15) is 19.4 Å². The number of carbonyl (C=O) groups is 1. The van der Waals surface area contributed by atoms with Crippen molar-refractivity contribution in [1.29, 1.82) is 0 Å². The van der Waals surface area contributed by atoms with Crippen molar-refractivity contribution in [2.45, 2.75) is 26.8 Å². The van der Waals surface area contributed by atoms with Crippen LogP contribution >= 0.6 is 0 Å². The summed E-state index contributed by atoms with van der Waals surface area (Å²) in [6.45, 7) is 3.45. The summed E-state index contributed by atoms with van der Waals surface area (Å²) in [7, 11) is 1.54. The van der Waals surface area contributed by atoms with Crippen molar-refractivity contribution in [2.24, 2.45) is 7.05 Å². The van der Waals surface area contributed by atoms with Gasteiger partial charge in [-0.2, -0.15) is 4.98 Å². The average Bonchev–Trinajstić information content (AvgIpc) is 3.42. The minimum atomic E-state index is -0.647. The summed E-state index contributed by atoms with van der Waals surface area (Å²) in [4.78, 5) is 43.3. The van der Waals surface area contributed by atoms with Crippen molar-refractivity contribution in [3.8, 4) is 16.9 Å². The van der Waals surface area contributed by atoms with Gasteiger partial charge in [0.25, 0.3) is 5.56 Å². The quantitative estimate of drug-likeness (QED) is 0.355. The van der Waals surface area contributed by atoms with Crippen LogP contribution in [0.25, 0.3) is 33.9 Å². The van der Waals surface area contributed by atoms with E-state index in [4.69, 9.17) is 9.72 Å². The highest BCUT2D eigenvalue weighted by Crippen LogP contribution is 2.30. The van der Waals surface area contributed by atoms with Gasteiger partial charge < -0.3 is 4.74 Å². The van der Waals surface area contributed by atoms with E-state index in [2.05, 4.69) is 13.0 Å². The number of hydrogen-bond acceptors (Lipinski definition) is 5. The molecule has 3 aromatic heterocycles. The van der Waals surface area contributed by atoms with Crippen molar-refractivity contribution in [3.05, 3.63) is 87.2 Å². The lowest BCUT2D eigenvalue weighted by atomic mass is 10.1. The average molecular weight is 472 g/mol. The van der Waals surface area contributed by atoms with Crippen LogP contribution in [0.3, 0.4) is 0 Å². The zero-order valence-corrected chi connectivity index (χ0v) is 19.8. The Bertz CT molecular complexity index is 1690. The summed E-state index contributed by atoms with van der Waals surface area (Å²) in [6.07, 6.45) is 2.66. The Hall–Kier alpha value is -4.40. The summed E-state index contributed by atoms with van der Waals surface area (Å²) >= 11 is 0. The number of aryl methyl sites for hydroxylation is 2. The highest BCUT2D eigenvalue weighted by Gasteiger charge is 2.24. The molecule has 0 atom stereocenters. The van der Waals surface area contributed by atoms with Gasteiger partial charge in [0.05, 0.1) is 18.0 Å². The standard InChI is InChI=1S/C26H25N5O4/c1-4-17-11-9-10-14-19(17)31-20(18-12-7-6-8-13-18)15-29-22-23(27-25(29)31)28(3)26(34)30(24(22)33)16-21(32)35-5-2/h6-15H,4-5,16H2,1-3H3. The maximum Gasteiger partial charge on any atom is 0.333 e. The Morgan fingerprint density at radius 2 is 1.71 bits per heavy atom. The van der Waals surface area contributed by atoms with Crippen LogP contribution in [0.5, 0.6) is 0 Å². The maximum atomic E-state index is 13.5. The fourth-order valence-electron chi connectivity index (χ4n) is 4.45. The lowest BCUT2D eigenvalue weighted by Crippen LogP contribution is -2.41. The van der Waals surface area contributed by atoms with E-state index in [9.17, 15) is 14.4 Å². The van der Waals surface area contributed by atoms with Gasteiger partial charge in [-0.15, -0.1) is 0 Å². The second-order valence-electron chi connectivity index (χ2n) is 8.19. The topological polar surface area (TPSA) is 92.5 Å². The number of carbonyl (C=O) groups excluding carboxylic acids is 1. The Morgan fingerprint density at radius 1 is 1.00 bits per heavy atom. The second-order valence-corrected chi connectivity index (χ2v) is 8.19. The predicted molar refractivity (Wildman–Crippen MR) is 133 cm³/mol. The van der Waals surface area contributed by atoms with Crippen LogP contribution in [-0.2, 0) is 29.5 Å². The van der Waals surface area contributed by atoms with Crippen LogP contribution in [0, 0.1) is 0 Å². The molecular formula is C26H25N5O4. The third kappa shape index (κ3) is 3.56. The molecule has 9 heteroatoms. The zero-order valence-electron chi connectivity index (χ0n) is 19.8. The molecule has 0 aliphatic rings. The minimum absolute atomic E-state index is 0.160. The molecule has 0 spiro atoms. The van der Waals surface area contributed by atoms with Gasteiger partial charge in [0.2, 0.25) is 5.78 Å². The van der Waals surface area contributed by atoms with Gasteiger partial charge in [-0.25, -0.2) is 9.36 Å². The Labute approximate surface area is 200 Å². The summed E-state index contributed by atoms with van der Waals surface area (Å²) in [5.74, 6) is -0.146. The second kappa shape index (κ2) is 8.75. The summed E-state index contributed by atoms with van der Waals surface area (Å²) in [5.41, 5.74) is 3.10. The number of hydrogen-bond donors (Lipinski definition) is 0. The van der Waals surface area contributed by atoms with E-state index >= 15 is 0 Å². The predicted octanol–water partition coefficient (Wildman–Crippen LogP) is 2.93. The number of benzene rings is 2. The molecule has 0 aliphatic carbocycles. The molecule has 5 rings (SSSR count). The maximum absolute atomic E-state index is 13.5. The first-order valence-electron chi connectivity index (χ1n) is 11.5. The van der Waals surface area contributed by atoms with E-state index < -0.39 is 23.8 Å². The SMILES string of the molecule is CCOC(=O)Cn1c(=O)c2c(nc3n(-c4ccccc4CC)c(-c4ccccc4)cn23)n(C)c1=O. The van der Waals surface area contributed by atoms with E-state index in [1.165, 1.54) is 4.57 Å². The molecular weight excluding hydrogens is 446 g/mol. The normalized spacial score (nSPS) is 11.4. The third-order valence-electron chi connectivity index (χ3n) is 6.13. The van der Waals surface area contributed by atoms with Crippen molar-refractivity contribution in [2.75, 3.05) is 6.61 Å². The van der Waals surface area contributed by atoms with Crippen LogP contribution in [0.4, 0.5) is 0 Å². The molecule has 0 N–H and O–H groups in total. The van der Waals surface area contributed by atoms with Gasteiger partial charge in [-0.1, -0.05) is 55.5 Å². The molecule has 5 aromatic rings. The largest absolute Gasteiger partial charge is 0.465 e. The fraction of sp³-hybridized carbons (Fsp3) is 0.231. The van der Waals surface area contributed by atoms with E-state index in [1.54, 1.807) is 18.4 Å². The molecule has 0 bridgehead atoms. The van der Waals surface area contributed by atoms with Gasteiger partial charge in [-0.3, -0.25) is 23.1 Å². The number of ether oxygens (including phenoxy) is 1. The van der Waals surface area contributed by atoms with Gasteiger partial charge in [0.15, 0.2) is 11.2 Å². The first-order chi connectivity index (χ1) is 17.0. The molecule has 0 saturated carbocycles. The molecule has 0 radical (unpaired) electrons. The zero-order chi connectivity index (χ0) is 24.7. The molecule has 0 saturated heterocycles. The monoisotopic (exact) mass is 471 g/mol. The van der Waals surface area contributed by atoms with Crippen molar-refractivity contribution in [1.82, 2.24) is 23.1 Å². The van der Waals surface area contributed by atoms with Crippen molar-refractivity contribution >= 4 is 22.9 Å². The van der Waals surface area contributed by atoms with E-state index in [0.717, 1.165) is 33.5 Å².